The molecule has 0 radical (unpaired) electrons. The van der Waals surface area contributed by atoms with Gasteiger partial charge in [-0.15, -0.1) is 0 Å². The molecule has 0 aliphatic carbocycles. The smallest absolute Gasteiger partial charge is 0.224 e. The van der Waals surface area contributed by atoms with Crippen molar-refractivity contribution in [1.82, 2.24) is 14.5 Å². The van der Waals surface area contributed by atoms with Crippen molar-refractivity contribution < 1.29 is 4.79 Å². The predicted octanol–water partition coefficient (Wildman–Crippen LogP) is 1.50. The Morgan fingerprint density at radius 3 is 2.74 bits per heavy atom. The van der Waals surface area contributed by atoms with Crippen molar-refractivity contribution in [1.29, 1.82) is 0 Å². The Kier molecular flexibility index (Phi) is 6.02. The molecular formula is C14H26N4O. The fourth-order valence-electron chi connectivity index (χ4n) is 1.94. The SMILES string of the molecule is CCCN(CC(C)(C)CN)C(=O)CCn1ccnc1. The summed E-state index contributed by atoms with van der Waals surface area (Å²) in [7, 11) is 0. The quantitative estimate of drug-likeness (QED) is 0.775. The maximum absolute atomic E-state index is 12.3. The molecule has 0 fully saturated rings. The van der Waals surface area contributed by atoms with Gasteiger partial charge in [0.25, 0.3) is 0 Å². The maximum atomic E-state index is 12.3. The lowest BCUT2D eigenvalue weighted by atomic mass is 9.93. The van der Waals surface area contributed by atoms with Crippen LogP contribution in [0.1, 0.15) is 33.6 Å². The third kappa shape index (κ3) is 5.42. The summed E-state index contributed by atoms with van der Waals surface area (Å²) in [5.41, 5.74) is 5.72. The van der Waals surface area contributed by atoms with Gasteiger partial charge in [-0.3, -0.25) is 4.79 Å². The van der Waals surface area contributed by atoms with Crippen LogP contribution in [-0.2, 0) is 11.3 Å². The molecule has 0 spiro atoms. The normalized spacial score (nSPS) is 11.6. The Balaban J connectivity index is 2.52. The Bertz CT molecular complexity index is 373. The molecule has 1 amide bonds. The van der Waals surface area contributed by atoms with Gasteiger partial charge in [0.05, 0.1) is 6.33 Å². The first kappa shape index (κ1) is 15.7. The number of imidazole rings is 1. The van der Waals surface area contributed by atoms with Crippen LogP contribution in [0.4, 0.5) is 0 Å². The van der Waals surface area contributed by atoms with Gasteiger partial charge >= 0.3 is 0 Å². The maximum Gasteiger partial charge on any atom is 0.224 e. The summed E-state index contributed by atoms with van der Waals surface area (Å²) in [6, 6.07) is 0. The van der Waals surface area contributed by atoms with Crippen molar-refractivity contribution >= 4 is 5.91 Å². The zero-order valence-electron chi connectivity index (χ0n) is 12.3. The van der Waals surface area contributed by atoms with Crippen molar-refractivity contribution in [3.8, 4) is 0 Å². The van der Waals surface area contributed by atoms with Crippen molar-refractivity contribution in [2.24, 2.45) is 11.1 Å². The highest BCUT2D eigenvalue weighted by atomic mass is 16.2. The molecule has 1 heterocycles. The highest BCUT2D eigenvalue weighted by Crippen LogP contribution is 2.16. The lowest BCUT2D eigenvalue weighted by Gasteiger charge is -2.31. The predicted molar refractivity (Wildman–Crippen MR) is 76.6 cm³/mol. The molecule has 1 aromatic heterocycles. The van der Waals surface area contributed by atoms with Gasteiger partial charge in [0.2, 0.25) is 5.91 Å². The van der Waals surface area contributed by atoms with Crippen LogP contribution in [0.2, 0.25) is 0 Å². The second-order valence-corrected chi connectivity index (χ2v) is 5.73. The molecule has 0 saturated carbocycles. The molecule has 19 heavy (non-hydrogen) atoms. The standard InChI is InChI=1S/C14H26N4O/c1-4-7-18(11-14(2,3)10-15)13(19)5-8-17-9-6-16-12-17/h6,9,12H,4-5,7-8,10-11,15H2,1-3H3. The van der Waals surface area contributed by atoms with E-state index in [2.05, 4.69) is 25.8 Å². The van der Waals surface area contributed by atoms with Gasteiger partial charge in [0.15, 0.2) is 0 Å². The summed E-state index contributed by atoms with van der Waals surface area (Å²) < 4.78 is 1.93. The second kappa shape index (κ2) is 7.28. The first-order valence-electron chi connectivity index (χ1n) is 6.92. The van der Waals surface area contributed by atoms with E-state index in [1.807, 2.05) is 15.7 Å². The van der Waals surface area contributed by atoms with Crippen LogP contribution in [0.5, 0.6) is 0 Å². The minimum absolute atomic E-state index is 0.0279. The number of rotatable bonds is 8. The number of nitrogens with two attached hydrogens (primary N) is 1. The molecule has 5 nitrogen and oxygen atoms in total. The first-order chi connectivity index (χ1) is 8.98. The van der Waals surface area contributed by atoms with Gasteiger partial charge in [-0.05, 0) is 18.4 Å². The number of hydrogen-bond acceptors (Lipinski definition) is 3. The molecule has 0 aliphatic heterocycles. The molecule has 5 heteroatoms. The molecule has 2 N–H and O–H groups in total. The average molecular weight is 266 g/mol. The van der Waals surface area contributed by atoms with Gasteiger partial charge < -0.3 is 15.2 Å². The van der Waals surface area contributed by atoms with E-state index in [1.165, 1.54) is 0 Å². The zero-order valence-corrected chi connectivity index (χ0v) is 12.3. The van der Waals surface area contributed by atoms with Crippen LogP contribution >= 0.6 is 0 Å². The van der Waals surface area contributed by atoms with Crippen LogP contribution in [0.3, 0.4) is 0 Å². The van der Waals surface area contributed by atoms with Crippen molar-refractivity contribution in [3.05, 3.63) is 18.7 Å². The molecular weight excluding hydrogens is 240 g/mol. The Labute approximate surface area is 115 Å². The van der Waals surface area contributed by atoms with E-state index in [1.54, 1.807) is 12.5 Å². The molecule has 1 rings (SSSR count). The molecule has 0 saturated heterocycles. The fourth-order valence-corrected chi connectivity index (χ4v) is 1.94. The molecule has 0 unspecified atom stereocenters. The Hall–Kier alpha value is -1.36. The summed E-state index contributed by atoms with van der Waals surface area (Å²) in [6.07, 6.45) is 6.82. The topological polar surface area (TPSA) is 64.2 Å². The number of aryl methyl sites for hydroxylation is 1. The second-order valence-electron chi connectivity index (χ2n) is 5.73. The summed E-state index contributed by atoms with van der Waals surface area (Å²) in [6.45, 7) is 9.07. The van der Waals surface area contributed by atoms with Crippen LogP contribution < -0.4 is 5.73 Å². The average Bonchev–Trinajstić information content (AvgIpc) is 2.88. The van der Waals surface area contributed by atoms with E-state index in [0.29, 0.717) is 19.5 Å². The number of nitrogens with zero attached hydrogens (tertiary/aromatic N) is 3. The summed E-state index contributed by atoms with van der Waals surface area (Å²) >= 11 is 0. The van der Waals surface area contributed by atoms with Gasteiger partial charge in [-0.1, -0.05) is 20.8 Å². The van der Waals surface area contributed by atoms with Gasteiger partial charge in [0, 0.05) is 38.4 Å². The third-order valence-corrected chi connectivity index (χ3v) is 3.16. The Morgan fingerprint density at radius 2 is 2.21 bits per heavy atom. The molecule has 108 valence electrons. The van der Waals surface area contributed by atoms with E-state index in [9.17, 15) is 4.79 Å². The number of aromatic nitrogens is 2. The highest BCUT2D eigenvalue weighted by molar-refractivity contribution is 5.76. The van der Waals surface area contributed by atoms with E-state index in [0.717, 1.165) is 19.5 Å². The number of carbonyl (C=O) groups excluding carboxylic acids is 1. The minimum atomic E-state index is -0.0279. The number of amides is 1. The monoisotopic (exact) mass is 266 g/mol. The number of hydrogen-bond donors (Lipinski definition) is 1. The van der Waals surface area contributed by atoms with Crippen molar-refractivity contribution in [3.63, 3.8) is 0 Å². The Morgan fingerprint density at radius 1 is 1.47 bits per heavy atom. The third-order valence-electron chi connectivity index (χ3n) is 3.16. The van der Waals surface area contributed by atoms with Crippen LogP contribution in [0.15, 0.2) is 18.7 Å². The minimum Gasteiger partial charge on any atom is -0.342 e. The summed E-state index contributed by atoms with van der Waals surface area (Å²) in [5, 5.41) is 0. The van der Waals surface area contributed by atoms with Crippen molar-refractivity contribution in [2.45, 2.75) is 40.2 Å². The molecule has 1 aromatic rings. The summed E-state index contributed by atoms with van der Waals surface area (Å²) in [4.78, 5) is 18.2. The highest BCUT2D eigenvalue weighted by Gasteiger charge is 2.22. The van der Waals surface area contributed by atoms with Gasteiger partial charge in [-0.25, -0.2) is 4.98 Å². The van der Waals surface area contributed by atoms with E-state index < -0.39 is 0 Å². The van der Waals surface area contributed by atoms with Crippen molar-refractivity contribution in [2.75, 3.05) is 19.6 Å². The van der Waals surface area contributed by atoms with Gasteiger partial charge in [0.1, 0.15) is 0 Å². The lowest BCUT2D eigenvalue weighted by molar-refractivity contribution is -0.132. The van der Waals surface area contributed by atoms with Gasteiger partial charge in [-0.2, -0.15) is 0 Å². The van der Waals surface area contributed by atoms with E-state index in [-0.39, 0.29) is 11.3 Å². The zero-order chi connectivity index (χ0) is 14.3. The number of carbonyl (C=O) groups is 1. The molecule has 0 atom stereocenters. The fraction of sp³-hybridized carbons (Fsp3) is 0.714. The molecule has 0 bridgehead atoms. The van der Waals surface area contributed by atoms with E-state index in [4.69, 9.17) is 5.73 Å². The van der Waals surface area contributed by atoms with E-state index >= 15 is 0 Å². The lowest BCUT2D eigenvalue weighted by Crippen LogP contribution is -2.42. The van der Waals surface area contributed by atoms with Crippen LogP contribution in [0.25, 0.3) is 0 Å². The first-order valence-corrected chi connectivity index (χ1v) is 6.92. The van der Waals surface area contributed by atoms with Crippen LogP contribution in [-0.4, -0.2) is 40.0 Å². The summed E-state index contributed by atoms with van der Waals surface area (Å²) in [5.74, 6) is 0.192. The van der Waals surface area contributed by atoms with Crippen LogP contribution in [0, 0.1) is 5.41 Å². The largest absolute Gasteiger partial charge is 0.342 e. The molecule has 0 aliphatic rings. The molecule has 0 aromatic carbocycles.